The number of hydrogen-bond acceptors (Lipinski definition) is 5. The smallest absolute Gasteiger partial charge is 0.244 e. The van der Waals surface area contributed by atoms with E-state index in [1.807, 2.05) is 10.3 Å². The molecule has 1 aliphatic heterocycles. The molecule has 0 radical (unpaired) electrons. The Morgan fingerprint density at radius 1 is 1.00 bits per heavy atom. The van der Waals surface area contributed by atoms with Gasteiger partial charge in [-0.1, -0.05) is 23.2 Å². The quantitative estimate of drug-likeness (QED) is 0.470. The van der Waals surface area contributed by atoms with Gasteiger partial charge in [0, 0.05) is 49.1 Å². The van der Waals surface area contributed by atoms with Crippen LogP contribution in [0, 0.1) is 18.6 Å². The summed E-state index contributed by atoms with van der Waals surface area (Å²) in [4.78, 5) is 6.62. The average Bonchev–Trinajstić information content (AvgIpc) is 3.18. The Kier molecular flexibility index (Phi) is 6.74. The van der Waals surface area contributed by atoms with Gasteiger partial charge in [0.15, 0.2) is 5.13 Å². The average molecular weight is 518 g/mol. The van der Waals surface area contributed by atoms with E-state index < -0.39 is 21.7 Å². The van der Waals surface area contributed by atoms with Crippen LogP contribution < -0.4 is 4.90 Å². The molecule has 2 aromatic carbocycles. The first-order valence-corrected chi connectivity index (χ1v) is 12.8. The normalized spacial score (nSPS) is 15.3. The third kappa shape index (κ3) is 4.92. The molecule has 5 nitrogen and oxygen atoms in total. The van der Waals surface area contributed by atoms with Crippen LogP contribution in [0.15, 0.2) is 40.6 Å². The van der Waals surface area contributed by atoms with Gasteiger partial charge in [0.1, 0.15) is 16.5 Å². The fourth-order valence-corrected chi connectivity index (χ4v) is 6.64. The van der Waals surface area contributed by atoms with Gasteiger partial charge >= 0.3 is 0 Å². The van der Waals surface area contributed by atoms with Gasteiger partial charge in [-0.15, -0.1) is 11.3 Å². The van der Waals surface area contributed by atoms with Crippen molar-refractivity contribution < 1.29 is 17.2 Å². The molecule has 0 N–H and O–H groups in total. The van der Waals surface area contributed by atoms with Crippen molar-refractivity contribution in [2.24, 2.45) is 0 Å². The lowest BCUT2D eigenvalue weighted by Crippen LogP contribution is -2.48. The Morgan fingerprint density at radius 3 is 2.31 bits per heavy atom. The molecule has 170 valence electrons. The summed E-state index contributed by atoms with van der Waals surface area (Å²) in [6, 6.07) is 6.35. The molecule has 0 bridgehead atoms. The molecular weight excluding hydrogens is 499 g/mol. The van der Waals surface area contributed by atoms with E-state index >= 15 is 0 Å². The van der Waals surface area contributed by atoms with Crippen LogP contribution in [0.25, 0.3) is 0 Å². The van der Waals surface area contributed by atoms with Crippen LogP contribution >= 0.6 is 34.5 Å². The maximum atomic E-state index is 13.4. The van der Waals surface area contributed by atoms with Crippen LogP contribution in [-0.2, 0) is 16.4 Å². The molecule has 1 saturated heterocycles. The molecule has 1 fully saturated rings. The first kappa shape index (κ1) is 23.4. The van der Waals surface area contributed by atoms with E-state index in [0.717, 1.165) is 11.2 Å². The minimum atomic E-state index is -3.75. The number of aryl methyl sites for hydroxylation is 1. The summed E-state index contributed by atoms with van der Waals surface area (Å²) >= 11 is 13.6. The SMILES string of the molecule is Cc1cc(S(=O)(=O)N2CCN(c3nc(Cc4cc(F)cc(F)c4)cs3)CC2)c(Cl)cc1Cl. The van der Waals surface area contributed by atoms with Gasteiger partial charge in [0.2, 0.25) is 10.0 Å². The molecule has 4 rings (SSSR count). The van der Waals surface area contributed by atoms with Crippen LogP contribution in [0.2, 0.25) is 10.0 Å². The highest BCUT2D eigenvalue weighted by Crippen LogP contribution is 2.31. The Labute approximate surface area is 199 Å². The summed E-state index contributed by atoms with van der Waals surface area (Å²) in [7, 11) is -3.75. The monoisotopic (exact) mass is 517 g/mol. The lowest BCUT2D eigenvalue weighted by atomic mass is 10.1. The molecule has 1 aliphatic rings. The zero-order valence-electron chi connectivity index (χ0n) is 17.0. The van der Waals surface area contributed by atoms with E-state index in [1.54, 1.807) is 6.92 Å². The first-order valence-electron chi connectivity index (χ1n) is 9.73. The summed E-state index contributed by atoms with van der Waals surface area (Å²) in [5.74, 6) is -1.24. The molecular formula is C21H19Cl2F2N3O2S2. The molecule has 0 atom stereocenters. The van der Waals surface area contributed by atoms with Gasteiger partial charge in [-0.3, -0.25) is 0 Å². The van der Waals surface area contributed by atoms with Gasteiger partial charge < -0.3 is 4.90 Å². The van der Waals surface area contributed by atoms with E-state index in [1.165, 1.54) is 39.9 Å². The second kappa shape index (κ2) is 9.23. The number of thiazole rings is 1. The molecule has 32 heavy (non-hydrogen) atoms. The highest BCUT2D eigenvalue weighted by Gasteiger charge is 2.31. The van der Waals surface area contributed by atoms with Crippen molar-refractivity contribution in [1.82, 2.24) is 9.29 Å². The zero-order chi connectivity index (χ0) is 23.0. The molecule has 2 heterocycles. The number of rotatable bonds is 5. The van der Waals surface area contributed by atoms with Gasteiger partial charge in [0.25, 0.3) is 0 Å². The van der Waals surface area contributed by atoms with Crippen LogP contribution in [-0.4, -0.2) is 43.9 Å². The maximum absolute atomic E-state index is 13.4. The fraction of sp³-hybridized carbons (Fsp3) is 0.286. The van der Waals surface area contributed by atoms with Crippen molar-refractivity contribution >= 4 is 49.7 Å². The van der Waals surface area contributed by atoms with Gasteiger partial charge in [-0.25, -0.2) is 22.2 Å². The van der Waals surface area contributed by atoms with Gasteiger partial charge in [0.05, 0.1) is 10.7 Å². The predicted molar refractivity (Wildman–Crippen MR) is 123 cm³/mol. The summed E-state index contributed by atoms with van der Waals surface area (Å²) in [5, 5.41) is 3.10. The maximum Gasteiger partial charge on any atom is 0.244 e. The number of hydrogen-bond donors (Lipinski definition) is 0. The van der Waals surface area contributed by atoms with Gasteiger partial charge in [-0.05, 0) is 42.3 Å². The summed E-state index contributed by atoms with van der Waals surface area (Å²) < 4.78 is 54.4. The first-order chi connectivity index (χ1) is 15.1. The molecule has 0 unspecified atom stereocenters. The fourth-order valence-electron chi connectivity index (χ4n) is 3.53. The van der Waals surface area contributed by atoms with Crippen molar-refractivity contribution in [1.29, 1.82) is 0 Å². The molecule has 0 spiro atoms. The molecule has 0 amide bonds. The molecule has 11 heteroatoms. The zero-order valence-corrected chi connectivity index (χ0v) is 20.1. The Balaban J connectivity index is 1.43. The predicted octanol–water partition coefficient (Wildman–Crippen LogP) is 5.14. The number of sulfonamides is 1. The van der Waals surface area contributed by atoms with E-state index in [9.17, 15) is 17.2 Å². The third-order valence-electron chi connectivity index (χ3n) is 5.19. The van der Waals surface area contributed by atoms with Crippen molar-refractivity contribution in [3.63, 3.8) is 0 Å². The lowest BCUT2D eigenvalue weighted by Gasteiger charge is -2.34. The van der Waals surface area contributed by atoms with Gasteiger partial charge in [-0.2, -0.15) is 4.31 Å². The van der Waals surface area contributed by atoms with E-state index in [4.69, 9.17) is 23.2 Å². The van der Waals surface area contributed by atoms with Crippen molar-refractivity contribution in [2.45, 2.75) is 18.2 Å². The highest BCUT2D eigenvalue weighted by atomic mass is 35.5. The lowest BCUT2D eigenvalue weighted by molar-refractivity contribution is 0.384. The largest absolute Gasteiger partial charge is 0.345 e. The summed E-state index contributed by atoms with van der Waals surface area (Å²) in [6.07, 6.45) is 0.313. The van der Waals surface area contributed by atoms with E-state index in [2.05, 4.69) is 4.98 Å². The Hall–Kier alpha value is -1.78. The van der Waals surface area contributed by atoms with Crippen LogP contribution in [0.3, 0.4) is 0 Å². The number of aromatic nitrogens is 1. The molecule has 0 aliphatic carbocycles. The minimum absolute atomic E-state index is 0.0494. The Morgan fingerprint density at radius 2 is 1.66 bits per heavy atom. The summed E-state index contributed by atoms with van der Waals surface area (Å²) in [6.45, 7) is 3.22. The minimum Gasteiger partial charge on any atom is -0.345 e. The molecule has 0 saturated carbocycles. The number of piperazine rings is 1. The molecule has 1 aromatic heterocycles. The number of benzene rings is 2. The second-order valence-corrected chi connectivity index (χ2v) is 11.1. The van der Waals surface area contributed by atoms with Crippen LogP contribution in [0.1, 0.15) is 16.8 Å². The van der Waals surface area contributed by atoms with E-state index in [-0.39, 0.29) is 23.0 Å². The van der Waals surface area contributed by atoms with Crippen molar-refractivity contribution in [3.05, 3.63) is 74.2 Å². The second-order valence-electron chi connectivity index (χ2n) is 7.50. The van der Waals surface area contributed by atoms with E-state index in [0.29, 0.717) is 41.4 Å². The highest BCUT2D eigenvalue weighted by molar-refractivity contribution is 7.89. The van der Waals surface area contributed by atoms with Crippen LogP contribution in [0.4, 0.5) is 13.9 Å². The standard InChI is InChI=1S/C21H19Cl2F2N3O2S2/c1-13-6-20(19(23)11-18(13)22)32(29,30)28-4-2-27(3-5-28)21-26-17(12-31-21)9-14-7-15(24)10-16(25)8-14/h6-8,10-12H,2-5,9H2,1H3. The topological polar surface area (TPSA) is 53.5 Å². The Bertz CT molecular complexity index is 1240. The third-order valence-corrected chi connectivity index (χ3v) is 8.91. The van der Waals surface area contributed by atoms with Crippen molar-refractivity contribution in [3.8, 4) is 0 Å². The number of anilines is 1. The molecule has 3 aromatic rings. The van der Waals surface area contributed by atoms with Crippen LogP contribution in [0.5, 0.6) is 0 Å². The van der Waals surface area contributed by atoms with Crippen molar-refractivity contribution in [2.75, 3.05) is 31.1 Å². The summed E-state index contributed by atoms with van der Waals surface area (Å²) in [5.41, 5.74) is 1.85. The number of nitrogens with zero attached hydrogens (tertiary/aromatic N) is 3. The number of halogens is 4.